The molecule has 3 rings (SSSR count). The van der Waals surface area contributed by atoms with Crippen molar-refractivity contribution in [3.05, 3.63) is 65.5 Å². The second-order valence-electron chi connectivity index (χ2n) is 7.58. The molecular formula is C24H29FN2O3. The number of unbranched alkanes of at least 4 members (excludes halogenated alkanes) is 1. The molecule has 0 aromatic heterocycles. The number of piperidine rings is 1. The number of likely N-dealkylation sites (tertiary alicyclic amines) is 1. The number of benzene rings is 2. The fourth-order valence-electron chi connectivity index (χ4n) is 4.07. The number of para-hydroxylation sites is 1. The predicted octanol–water partition coefficient (Wildman–Crippen LogP) is 4.23. The van der Waals surface area contributed by atoms with Gasteiger partial charge in [-0.15, -0.1) is 0 Å². The zero-order valence-electron chi connectivity index (χ0n) is 17.6. The van der Waals surface area contributed by atoms with Crippen LogP contribution < -0.4 is 10.1 Å². The first-order chi connectivity index (χ1) is 14.6. The molecule has 1 aliphatic heterocycles. The quantitative estimate of drug-likeness (QED) is 0.706. The first kappa shape index (κ1) is 21.8. The number of rotatable bonds is 8. The summed E-state index contributed by atoms with van der Waals surface area (Å²) in [5, 5.41) is 2.88. The number of hydrogen-bond acceptors (Lipinski definition) is 3. The summed E-state index contributed by atoms with van der Waals surface area (Å²) in [4.78, 5) is 27.8. The molecular weight excluding hydrogens is 383 g/mol. The average molecular weight is 413 g/mol. The zero-order chi connectivity index (χ0) is 21.5. The van der Waals surface area contributed by atoms with Gasteiger partial charge in [-0.05, 0) is 25.0 Å². The monoisotopic (exact) mass is 412 g/mol. The van der Waals surface area contributed by atoms with E-state index < -0.39 is 12.0 Å². The lowest BCUT2D eigenvalue weighted by Gasteiger charge is -2.41. The Balaban J connectivity index is 1.88. The van der Waals surface area contributed by atoms with Crippen molar-refractivity contribution < 1.29 is 18.7 Å². The Morgan fingerprint density at radius 3 is 2.67 bits per heavy atom. The third-order valence-corrected chi connectivity index (χ3v) is 5.66. The minimum Gasteiger partial charge on any atom is -0.496 e. The van der Waals surface area contributed by atoms with Crippen LogP contribution in [0.25, 0.3) is 0 Å². The van der Waals surface area contributed by atoms with Crippen molar-refractivity contribution in [2.24, 2.45) is 5.92 Å². The van der Waals surface area contributed by atoms with Crippen LogP contribution in [0.3, 0.4) is 0 Å². The van der Waals surface area contributed by atoms with Crippen molar-refractivity contribution in [3.63, 3.8) is 0 Å². The molecule has 2 aromatic carbocycles. The summed E-state index contributed by atoms with van der Waals surface area (Å²) >= 11 is 0. The standard InChI is InChI=1S/C24H29FN2O3/c1-3-4-15-27-22(28)14-13-19(23(27)18-10-6-8-12-21(18)30-2)24(29)26-16-17-9-5-7-11-20(17)25/h5-12,19,23H,3-4,13-16H2,1-2H3,(H,26,29)/t19-,23+/m0/s1. The minimum atomic E-state index is -0.428. The molecule has 1 heterocycles. The smallest absolute Gasteiger partial charge is 0.225 e. The van der Waals surface area contributed by atoms with Crippen molar-refractivity contribution in [1.29, 1.82) is 0 Å². The van der Waals surface area contributed by atoms with Crippen LogP contribution >= 0.6 is 0 Å². The van der Waals surface area contributed by atoms with E-state index in [1.807, 2.05) is 29.2 Å². The Kier molecular flexibility index (Phi) is 7.44. The molecule has 0 radical (unpaired) electrons. The number of halogens is 1. The fraction of sp³-hybridized carbons (Fsp3) is 0.417. The molecule has 2 amide bonds. The van der Waals surface area contributed by atoms with Gasteiger partial charge in [0.05, 0.1) is 19.1 Å². The highest BCUT2D eigenvalue weighted by molar-refractivity contribution is 5.85. The van der Waals surface area contributed by atoms with Gasteiger partial charge < -0.3 is 15.0 Å². The van der Waals surface area contributed by atoms with E-state index in [4.69, 9.17) is 4.74 Å². The highest BCUT2D eigenvalue weighted by atomic mass is 19.1. The van der Waals surface area contributed by atoms with Gasteiger partial charge in [-0.25, -0.2) is 4.39 Å². The van der Waals surface area contributed by atoms with E-state index in [1.54, 1.807) is 25.3 Å². The third kappa shape index (κ3) is 4.81. The summed E-state index contributed by atoms with van der Waals surface area (Å²) < 4.78 is 19.5. The van der Waals surface area contributed by atoms with Crippen LogP contribution in [-0.2, 0) is 16.1 Å². The lowest BCUT2D eigenvalue weighted by atomic mass is 9.83. The van der Waals surface area contributed by atoms with E-state index >= 15 is 0 Å². The maximum atomic E-state index is 14.0. The number of amides is 2. The Morgan fingerprint density at radius 1 is 1.20 bits per heavy atom. The minimum absolute atomic E-state index is 0.0532. The average Bonchev–Trinajstić information content (AvgIpc) is 2.77. The van der Waals surface area contributed by atoms with Gasteiger partial charge in [0.2, 0.25) is 11.8 Å². The molecule has 30 heavy (non-hydrogen) atoms. The fourth-order valence-corrected chi connectivity index (χ4v) is 4.07. The molecule has 0 saturated carbocycles. The highest BCUT2D eigenvalue weighted by Crippen LogP contribution is 2.40. The van der Waals surface area contributed by atoms with Crippen molar-refractivity contribution >= 4 is 11.8 Å². The first-order valence-corrected chi connectivity index (χ1v) is 10.5. The first-order valence-electron chi connectivity index (χ1n) is 10.5. The van der Waals surface area contributed by atoms with E-state index in [0.717, 1.165) is 18.4 Å². The number of carbonyl (C=O) groups excluding carboxylic acids is 2. The van der Waals surface area contributed by atoms with Crippen molar-refractivity contribution in [2.45, 2.75) is 45.2 Å². The third-order valence-electron chi connectivity index (χ3n) is 5.66. The Labute approximate surface area is 177 Å². The molecule has 2 atom stereocenters. The van der Waals surface area contributed by atoms with Crippen LogP contribution in [0, 0.1) is 11.7 Å². The van der Waals surface area contributed by atoms with Gasteiger partial charge in [-0.2, -0.15) is 0 Å². The zero-order valence-corrected chi connectivity index (χ0v) is 17.6. The van der Waals surface area contributed by atoms with Gasteiger partial charge in [0.25, 0.3) is 0 Å². The van der Waals surface area contributed by atoms with Gasteiger partial charge in [0.15, 0.2) is 0 Å². The van der Waals surface area contributed by atoms with Crippen LogP contribution in [0.15, 0.2) is 48.5 Å². The molecule has 0 spiro atoms. The molecule has 1 saturated heterocycles. The highest BCUT2D eigenvalue weighted by Gasteiger charge is 2.41. The van der Waals surface area contributed by atoms with E-state index in [2.05, 4.69) is 12.2 Å². The number of nitrogens with zero attached hydrogens (tertiary/aromatic N) is 1. The van der Waals surface area contributed by atoms with Gasteiger partial charge >= 0.3 is 0 Å². The normalized spacial score (nSPS) is 18.9. The van der Waals surface area contributed by atoms with Crippen LogP contribution in [0.1, 0.15) is 49.8 Å². The SMILES string of the molecule is CCCCN1C(=O)CC[C@H](C(=O)NCc2ccccc2F)[C@H]1c1ccccc1OC. The van der Waals surface area contributed by atoms with Crippen molar-refractivity contribution in [1.82, 2.24) is 10.2 Å². The molecule has 2 aromatic rings. The number of nitrogens with one attached hydrogen (secondary N) is 1. The molecule has 0 bridgehead atoms. The second kappa shape index (κ2) is 10.2. The van der Waals surface area contributed by atoms with E-state index in [0.29, 0.717) is 30.7 Å². The summed E-state index contributed by atoms with van der Waals surface area (Å²) in [7, 11) is 1.59. The van der Waals surface area contributed by atoms with Crippen LogP contribution in [0.4, 0.5) is 4.39 Å². The van der Waals surface area contributed by atoms with Crippen LogP contribution in [-0.4, -0.2) is 30.4 Å². The van der Waals surface area contributed by atoms with Crippen LogP contribution in [0.2, 0.25) is 0 Å². The van der Waals surface area contributed by atoms with E-state index in [1.165, 1.54) is 6.07 Å². The predicted molar refractivity (Wildman–Crippen MR) is 113 cm³/mol. The summed E-state index contributed by atoms with van der Waals surface area (Å²) in [5.74, 6) is -0.239. The summed E-state index contributed by atoms with van der Waals surface area (Å²) in [6.45, 7) is 2.78. The topological polar surface area (TPSA) is 58.6 Å². The van der Waals surface area contributed by atoms with Gasteiger partial charge in [0.1, 0.15) is 11.6 Å². The maximum absolute atomic E-state index is 14.0. The summed E-state index contributed by atoms with van der Waals surface area (Å²) in [5.41, 5.74) is 1.27. The number of hydrogen-bond donors (Lipinski definition) is 1. The van der Waals surface area contributed by atoms with E-state index in [9.17, 15) is 14.0 Å². The number of methoxy groups -OCH3 is 1. The van der Waals surface area contributed by atoms with Gasteiger partial charge in [-0.1, -0.05) is 49.7 Å². The summed E-state index contributed by atoms with van der Waals surface area (Å²) in [6, 6.07) is 13.5. The number of ether oxygens (including phenoxy) is 1. The maximum Gasteiger partial charge on any atom is 0.225 e. The van der Waals surface area contributed by atoms with Gasteiger partial charge in [-0.3, -0.25) is 9.59 Å². The molecule has 0 unspecified atom stereocenters. The lowest BCUT2D eigenvalue weighted by molar-refractivity contribution is -0.143. The molecule has 1 fully saturated rings. The van der Waals surface area contributed by atoms with E-state index in [-0.39, 0.29) is 24.2 Å². The molecule has 1 aliphatic rings. The molecule has 6 heteroatoms. The molecule has 160 valence electrons. The number of carbonyl (C=O) groups is 2. The van der Waals surface area contributed by atoms with Crippen LogP contribution in [0.5, 0.6) is 5.75 Å². The lowest BCUT2D eigenvalue weighted by Crippen LogP contribution is -2.48. The molecule has 0 aliphatic carbocycles. The van der Waals surface area contributed by atoms with Crippen molar-refractivity contribution in [3.8, 4) is 5.75 Å². The van der Waals surface area contributed by atoms with Gasteiger partial charge in [0, 0.05) is 30.6 Å². The largest absolute Gasteiger partial charge is 0.496 e. The molecule has 1 N–H and O–H groups in total. The second-order valence-corrected chi connectivity index (χ2v) is 7.58. The Morgan fingerprint density at radius 2 is 1.93 bits per heavy atom. The van der Waals surface area contributed by atoms with Crippen molar-refractivity contribution in [2.75, 3.05) is 13.7 Å². The Hall–Kier alpha value is -2.89. The Bertz CT molecular complexity index is 886. The summed E-state index contributed by atoms with van der Waals surface area (Å²) in [6.07, 6.45) is 2.59. The molecule has 5 nitrogen and oxygen atoms in total.